The van der Waals surface area contributed by atoms with Crippen LogP contribution in [0.3, 0.4) is 0 Å². The molecule has 2 saturated carbocycles. The highest BCUT2D eigenvalue weighted by molar-refractivity contribution is 5.92. The third kappa shape index (κ3) is 7.44. The quantitative estimate of drug-likeness (QED) is 0.332. The Bertz CT molecular complexity index is 554. The molecule has 0 spiro atoms. The van der Waals surface area contributed by atoms with Gasteiger partial charge in [-0.05, 0) is 59.8 Å². The Morgan fingerprint density at radius 1 is 1.00 bits per heavy atom. The zero-order valence-corrected chi connectivity index (χ0v) is 18.5. The first-order valence-corrected chi connectivity index (χ1v) is 11.1. The second-order valence-corrected chi connectivity index (χ2v) is 9.12. The van der Waals surface area contributed by atoms with Crippen molar-refractivity contribution in [1.29, 1.82) is 0 Å². The highest BCUT2D eigenvalue weighted by Crippen LogP contribution is 2.27. The van der Waals surface area contributed by atoms with Crippen molar-refractivity contribution in [2.45, 2.75) is 123 Å². The molecule has 0 heterocycles. The topological polar surface area (TPSA) is 63.5 Å². The molecule has 2 aliphatic carbocycles. The van der Waals surface area contributed by atoms with E-state index in [2.05, 4.69) is 5.16 Å². The van der Waals surface area contributed by atoms with Gasteiger partial charge < -0.3 is 9.57 Å². The van der Waals surface area contributed by atoms with Crippen LogP contribution in [-0.2, 0) is 9.57 Å². The van der Waals surface area contributed by atoms with Crippen LogP contribution in [0.4, 0.5) is 4.79 Å². The standard InChI is InChI=1S/C22H39N3O3/c1-6-17(2)24-28-20(23-18-13-9-7-10-14-18)25(19-15-11-8-12-16-19)21(26)27-22(3,4)5/h18-19H,6-16H2,1-5H3/b23-20-,24-17+. The molecule has 0 N–H and O–H groups in total. The summed E-state index contributed by atoms with van der Waals surface area (Å²) in [7, 11) is 0. The second-order valence-electron chi connectivity index (χ2n) is 9.12. The maximum Gasteiger partial charge on any atom is 0.418 e. The lowest BCUT2D eigenvalue weighted by molar-refractivity contribution is 0.0225. The molecule has 0 radical (unpaired) electrons. The summed E-state index contributed by atoms with van der Waals surface area (Å²) in [5, 5.41) is 4.24. The minimum absolute atomic E-state index is 0.0584. The van der Waals surface area contributed by atoms with Gasteiger partial charge in [0.15, 0.2) is 0 Å². The zero-order valence-electron chi connectivity index (χ0n) is 18.5. The van der Waals surface area contributed by atoms with Crippen LogP contribution in [0.5, 0.6) is 0 Å². The number of aliphatic imine (C=N–C) groups is 1. The number of amides is 1. The van der Waals surface area contributed by atoms with Gasteiger partial charge in [0, 0.05) is 6.04 Å². The first kappa shape index (κ1) is 22.7. The largest absolute Gasteiger partial charge is 0.443 e. The summed E-state index contributed by atoms with van der Waals surface area (Å²) in [5.74, 6) is 0. The van der Waals surface area contributed by atoms with E-state index >= 15 is 0 Å². The van der Waals surface area contributed by atoms with Crippen LogP contribution in [0.2, 0.25) is 0 Å². The minimum Gasteiger partial charge on any atom is -0.443 e. The molecule has 0 aliphatic heterocycles. The summed E-state index contributed by atoms with van der Waals surface area (Å²) in [5.41, 5.74) is 0.312. The zero-order chi connectivity index (χ0) is 20.6. The molecular formula is C22H39N3O3. The lowest BCUT2D eigenvalue weighted by Gasteiger charge is -2.35. The van der Waals surface area contributed by atoms with E-state index in [1.807, 2.05) is 34.6 Å². The molecule has 0 aromatic rings. The fourth-order valence-corrected chi connectivity index (χ4v) is 3.71. The van der Waals surface area contributed by atoms with Crippen LogP contribution in [0.15, 0.2) is 10.1 Å². The average molecular weight is 394 g/mol. The van der Waals surface area contributed by atoms with E-state index in [4.69, 9.17) is 14.6 Å². The number of hydrogen-bond donors (Lipinski definition) is 0. The van der Waals surface area contributed by atoms with Gasteiger partial charge in [0.2, 0.25) is 0 Å². The van der Waals surface area contributed by atoms with Crippen molar-refractivity contribution in [2.24, 2.45) is 10.1 Å². The van der Waals surface area contributed by atoms with Crippen LogP contribution in [0.25, 0.3) is 0 Å². The molecule has 28 heavy (non-hydrogen) atoms. The Morgan fingerprint density at radius 2 is 1.57 bits per heavy atom. The molecule has 6 heteroatoms. The molecule has 2 fully saturated rings. The number of rotatable bonds is 4. The lowest BCUT2D eigenvalue weighted by Crippen LogP contribution is -2.48. The molecule has 6 nitrogen and oxygen atoms in total. The third-order valence-corrected chi connectivity index (χ3v) is 5.40. The molecule has 0 aromatic heterocycles. The normalized spacial score (nSPS) is 20.8. The number of carbonyl (C=O) groups excluding carboxylic acids is 1. The van der Waals surface area contributed by atoms with Crippen molar-refractivity contribution >= 4 is 17.8 Å². The maximum absolute atomic E-state index is 13.1. The van der Waals surface area contributed by atoms with Crippen molar-refractivity contribution in [2.75, 3.05) is 0 Å². The first-order valence-electron chi connectivity index (χ1n) is 11.1. The predicted octanol–water partition coefficient (Wildman–Crippen LogP) is 6.05. The van der Waals surface area contributed by atoms with E-state index in [0.717, 1.165) is 50.7 Å². The molecule has 2 rings (SSSR count). The van der Waals surface area contributed by atoms with Gasteiger partial charge in [-0.1, -0.05) is 50.6 Å². The van der Waals surface area contributed by atoms with E-state index in [1.165, 1.54) is 25.7 Å². The summed E-state index contributed by atoms with van der Waals surface area (Å²) in [6.45, 7) is 9.63. The molecule has 0 unspecified atom stereocenters. The van der Waals surface area contributed by atoms with Gasteiger partial charge >= 0.3 is 12.1 Å². The van der Waals surface area contributed by atoms with Gasteiger partial charge in [0.1, 0.15) is 5.60 Å². The summed E-state index contributed by atoms with van der Waals surface area (Å²) >= 11 is 0. The Hall–Kier alpha value is -1.59. The summed E-state index contributed by atoms with van der Waals surface area (Å²) in [6, 6.07) is 0.568. The average Bonchev–Trinajstić information content (AvgIpc) is 2.66. The van der Waals surface area contributed by atoms with Gasteiger partial charge in [-0.25, -0.2) is 14.7 Å². The molecule has 2 aliphatic rings. The van der Waals surface area contributed by atoms with Crippen LogP contribution in [0.1, 0.15) is 105 Å². The fraction of sp³-hybridized carbons (Fsp3) is 0.864. The molecule has 1 amide bonds. The Kier molecular flexibility index (Phi) is 8.77. The molecular weight excluding hydrogens is 354 g/mol. The van der Waals surface area contributed by atoms with Crippen molar-refractivity contribution in [3.63, 3.8) is 0 Å². The Morgan fingerprint density at radius 3 is 2.11 bits per heavy atom. The van der Waals surface area contributed by atoms with Crippen LogP contribution in [0, 0.1) is 0 Å². The van der Waals surface area contributed by atoms with Gasteiger partial charge in [-0.15, -0.1) is 0 Å². The van der Waals surface area contributed by atoms with E-state index in [9.17, 15) is 4.79 Å². The number of nitrogens with zero attached hydrogens (tertiary/aromatic N) is 3. The van der Waals surface area contributed by atoms with Crippen molar-refractivity contribution in [3.05, 3.63) is 0 Å². The molecule has 160 valence electrons. The van der Waals surface area contributed by atoms with Crippen LogP contribution >= 0.6 is 0 Å². The number of carbonyl (C=O) groups is 1. The number of amidine groups is 1. The number of ether oxygens (including phenoxy) is 1. The molecule has 0 bridgehead atoms. The third-order valence-electron chi connectivity index (χ3n) is 5.40. The van der Waals surface area contributed by atoms with Gasteiger partial charge in [-0.2, -0.15) is 0 Å². The molecule has 0 aromatic carbocycles. The van der Waals surface area contributed by atoms with Gasteiger partial charge in [0.25, 0.3) is 0 Å². The highest BCUT2D eigenvalue weighted by atomic mass is 16.7. The smallest absolute Gasteiger partial charge is 0.418 e. The highest BCUT2D eigenvalue weighted by Gasteiger charge is 2.35. The van der Waals surface area contributed by atoms with Crippen molar-refractivity contribution in [3.8, 4) is 0 Å². The van der Waals surface area contributed by atoms with Crippen molar-refractivity contribution in [1.82, 2.24) is 4.90 Å². The van der Waals surface area contributed by atoms with E-state index in [0.29, 0.717) is 6.02 Å². The Labute approximate surface area is 170 Å². The first-order chi connectivity index (χ1) is 13.3. The van der Waals surface area contributed by atoms with E-state index in [-0.39, 0.29) is 18.2 Å². The monoisotopic (exact) mass is 393 g/mol. The van der Waals surface area contributed by atoms with Gasteiger partial charge in [-0.3, -0.25) is 0 Å². The number of oxime groups is 1. The summed E-state index contributed by atoms with van der Waals surface area (Å²) < 4.78 is 5.73. The Balaban J connectivity index is 2.33. The van der Waals surface area contributed by atoms with Crippen molar-refractivity contribution < 1.29 is 14.4 Å². The minimum atomic E-state index is -0.567. The summed E-state index contributed by atoms with van der Waals surface area (Å²) in [6.07, 6.45) is 11.4. The van der Waals surface area contributed by atoms with E-state index < -0.39 is 5.60 Å². The molecule has 0 saturated heterocycles. The van der Waals surface area contributed by atoms with Gasteiger partial charge in [0.05, 0.1) is 11.8 Å². The molecule has 0 atom stereocenters. The number of hydrogen-bond acceptors (Lipinski definition) is 5. The SMILES string of the molecule is CC/C(C)=N/O/C(=N\C1CCCCC1)N(C(=O)OC(C)(C)C)C1CCCCC1. The maximum atomic E-state index is 13.1. The van der Waals surface area contributed by atoms with E-state index in [1.54, 1.807) is 4.90 Å². The van der Waals surface area contributed by atoms with Crippen LogP contribution < -0.4 is 0 Å². The second kappa shape index (κ2) is 10.8. The predicted molar refractivity (Wildman–Crippen MR) is 114 cm³/mol. The summed E-state index contributed by atoms with van der Waals surface area (Å²) in [4.78, 5) is 25.5. The fourth-order valence-electron chi connectivity index (χ4n) is 3.71. The van der Waals surface area contributed by atoms with Crippen LogP contribution in [-0.4, -0.2) is 40.4 Å². The lowest BCUT2D eigenvalue weighted by atomic mass is 9.94.